The molecule has 0 unspecified atom stereocenters. The van der Waals surface area contributed by atoms with Crippen molar-refractivity contribution in [1.29, 1.82) is 0 Å². The molecule has 0 aliphatic heterocycles. The fourth-order valence-electron chi connectivity index (χ4n) is 1.95. The molecule has 0 saturated heterocycles. The van der Waals surface area contributed by atoms with Gasteiger partial charge >= 0.3 is 0 Å². The van der Waals surface area contributed by atoms with E-state index in [0.29, 0.717) is 12.5 Å². The zero-order valence-corrected chi connectivity index (χ0v) is 11.0. The Morgan fingerprint density at radius 3 is 2.83 bits per heavy atom. The molecule has 2 nitrogen and oxygen atoms in total. The second-order valence-corrected chi connectivity index (χ2v) is 5.01. The molecule has 1 heterocycles. The Balaban J connectivity index is 1.88. The van der Waals surface area contributed by atoms with E-state index in [9.17, 15) is 4.39 Å². The summed E-state index contributed by atoms with van der Waals surface area (Å²) >= 11 is 0. The molecule has 1 aromatic carbocycles. The zero-order valence-electron chi connectivity index (χ0n) is 11.0. The molecule has 0 spiro atoms. The number of nitrogens with zero attached hydrogens (tertiary/aromatic N) is 1. The third kappa shape index (κ3) is 3.33. The van der Waals surface area contributed by atoms with E-state index in [1.807, 2.05) is 18.3 Å². The average Bonchev–Trinajstić information content (AvgIpc) is 2.70. The second-order valence-electron chi connectivity index (χ2n) is 5.01. The van der Waals surface area contributed by atoms with Crippen molar-refractivity contribution in [3.8, 4) is 0 Å². The molecule has 0 bridgehead atoms. The summed E-state index contributed by atoms with van der Waals surface area (Å²) < 4.78 is 20.7. The Labute approximate surface area is 107 Å². The van der Waals surface area contributed by atoms with Gasteiger partial charge in [-0.3, -0.25) is 0 Å². The molecule has 0 aliphatic carbocycles. The van der Waals surface area contributed by atoms with Gasteiger partial charge in [0.25, 0.3) is 0 Å². The quantitative estimate of drug-likeness (QED) is 0.709. The maximum atomic E-state index is 13.0. The molecule has 18 heavy (non-hydrogen) atoms. The largest absolute Gasteiger partial charge is 0.380 e. The molecule has 0 N–H and O–H groups in total. The van der Waals surface area contributed by atoms with Gasteiger partial charge < -0.3 is 9.30 Å². The van der Waals surface area contributed by atoms with E-state index in [1.165, 1.54) is 6.07 Å². The van der Waals surface area contributed by atoms with Crippen LogP contribution in [0.4, 0.5) is 4.39 Å². The summed E-state index contributed by atoms with van der Waals surface area (Å²) in [4.78, 5) is 0. The summed E-state index contributed by atoms with van der Waals surface area (Å²) in [7, 11) is 0. The van der Waals surface area contributed by atoms with Crippen LogP contribution in [0, 0.1) is 11.7 Å². The Morgan fingerprint density at radius 2 is 2.06 bits per heavy atom. The minimum absolute atomic E-state index is 0.187. The average molecular weight is 249 g/mol. The third-order valence-corrected chi connectivity index (χ3v) is 3.05. The Morgan fingerprint density at radius 1 is 1.22 bits per heavy atom. The molecular weight excluding hydrogens is 229 g/mol. The number of fused-ring (bicyclic) bond motifs is 1. The Kier molecular flexibility index (Phi) is 4.37. The van der Waals surface area contributed by atoms with Crippen LogP contribution in [0.1, 0.15) is 20.3 Å². The van der Waals surface area contributed by atoms with Gasteiger partial charge in [0, 0.05) is 30.3 Å². The number of rotatable bonds is 6. The highest BCUT2D eigenvalue weighted by Gasteiger charge is 2.02. The smallest absolute Gasteiger partial charge is 0.123 e. The molecule has 0 aliphatic rings. The Bertz CT molecular complexity index is 504. The van der Waals surface area contributed by atoms with E-state index in [1.54, 1.807) is 6.07 Å². The van der Waals surface area contributed by atoms with E-state index < -0.39 is 0 Å². The molecule has 0 fully saturated rings. The highest BCUT2D eigenvalue weighted by molar-refractivity contribution is 5.80. The molecule has 0 atom stereocenters. The van der Waals surface area contributed by atoms with Gasteiger partial charge in [0.2, 0.25) is 0 Å². The van der Waals surface area contributed by atoms with Crippen LogP contribution in [0.2, 0.25) is 0 Å². The molecule has 1 aromatic heterocycles. The summed E-state index contributed by atoms with van der Waals surface area (Å²) in [6, 6.07) is 6.81. The molecule has 98 valence electrons. The van der Waals surface area contributed by atoms with Crippen LogP contribution in [0.3, 0.4) is 0 Å². The molecule has 3 heteroatoms. The number of benzene rings is 1. The first-order valence-electron chi connectivity index (χ1n) is 6.49. The maximum Gasteiger partial charge on any atom is 0.123 e. The predicted octanol–water partition coefficient (Wildman–Crippen LogP) is 3.84. The number of halogens is 1. The van der Waals surface area contributed by atoms with Gasteiger partial charge in [-0.2, -0.15) is 0 Å². The number of ether oxygens (including phenoxy) is 1. The van der Waals surface area contributed by atoms with Crippen molar-refractivity contribution in [2.24, 2.45) is 5.92 Å². The molecule has 0 radical (unpaired) electrons. The van der Waals surface area contributed by atoms with Crippen LogP contribution >= 0.6 is 0 Å². The van der Waals surface area contributed by atoms with Crippen molar-refractivity contribution >= 4 is 10.9 Å². The summed E-state index contributed by atoms with van der Waals surface area (Å²) in [5.41, 5.74) is 1.06. The summed E-state index contributed by atoms with van der Waals surface area (Å²) in [5.74, 6) is 0.494. The van der Waals surface area contributed by atoms with Gasteiger partial charge in [-0.05, 0) is 36.6 Å². The highest BCUT2D eigenvalue weighted by atomic mass is 19.1. The van der Waals surface area contributed by atoms with Crippen LogP contribution in [0.15, 0.2) is 30.5 Å². The number of hydrogen-bond donors (Lipinski definition) is 0. The molecule has 2 aromatic rings. The van der Waals surface area contributed by atoms with Gasteiger partial charge in [0.15, 0.2) is 0 Å². The zero-order chi connectivity index (χ0) is 13.0. The summed E-state index contributed by atoms with van der Waals surface area (Å²) in [6.45, 7) is 6.71. The van der Waals surface area contributed by atoms with E-state index in [-0.39, 0.29) is 5.82 Å². The van der Waals surface area contributed by atoms with E-state index in [4.69, 9.17) is 4.74 Å². The van der Waals surface area contributed by atoms with Crippen molar-refractivity contribution in [3.05, 3.63) is 36.3 Å². The van der Waals surface area contributed by atoms with E-state index in [2.05, 4.69) is 18.4 Å². The van der Waals surface area contributed by atoms with Gasteiger partial charge in [-0.15, -0.1) is 0 Å². The fourth-order valence-corrected chi connectivity index (χ4v) is 1.95. The third-order valence-electron chi connectivity index (χ3n) is 3.05. The minimum Gasteiger partial charge on any atom is -0.380 e. The minimum atomic E-state index is -0.187. The number of hydrogen-bond acceptors (Lipinski definition) is 1. The lowest BCUT2D eigenvalue weighted by atomic mass is 10.1. The summed E-state index contributed by atoms with van der Waals surface area (Å²) in [5, 5.41) is 0.942. The highest BCUT2D eigenvalue weighted by Crippen LogP contribution is 2.16. The topological polar surface area (TPSA) is 14.2 Å². The van der Waals surface area contributed by atoms with Crippen molar-refractivity contribution in [2.75, 3.05) is 13.2 Å². The van der Waals surface area contributed by atoms with Gasteiger partial charge in [0.1, 0.15) is 5.82 Å². The van der Waals surface area contributed by atoms with Crippen molar-refractivity contribution in [2.45, 2.75) is 26.8 Å². The fraction of sp³-hybridized carbons (Fsp3) is 0.467. The molecule has 0 amide bonds. The SMILES string of the molecule is CC(C)CCOCCn1ccc2cc(F)ccc21. The van der Waals surface area contributed by atoms with Crippen molar-refractivity contribution in [3.63, 3.8) is 0 Å². The van der Waals surface area contributed by atoms with E-state index >= 15 is 0 Å². The van der Waals surface area contributed by atoms with Gasteiger partial charge in [0.05, 0.1) is 6.61 Å². The lowest BCUT2D eigenvalue weighted by Gasteiger charge is -2.08. The second kappa shape index (κ2) is 6.01. The molecular formula is C15H20FNO. The number of aromatic nitrogens is 1. The van der Waals surface area contributed by atoms with Crippen LogP contribution in [-0.4, -0.2) is 17.8 Å². The van der Waals surface area contributed by atoms with Crippen LogP contribution in [-0.2, 0) is 11.3 Å². The first-order valence-corrected chi connectivity index (χ1v) is 6.49. The van der Waals surface area contributed by atoms with Crippen LogP contribution in [0.5, 0.6) is 0 Å². The first kappa shape index (κ1) is 13.1. The lowest BCUT2D eigenvalue weighted by Crippen LogP contribution is -2.07. The summed E-state index contributed by atoms with van der Waals surface area (Å²) in [6.07, 6.45) is 3.08. The van der Waals surface area contributed by atoms with Crippen LogP contribution < -0.4 is 0 Å². The van der Waals surface area contributed by atoms with Gasteiger partial charge in [-0.25, -0.2) is 4.39 Å². The normalized spacial score (nSPS) is 11.6. The van der Waals surface area contributed by atoms with Crippen LogP contribution in [0.25, 0.3) is 10.9 Å². The molecule has 0 saturated carbocycles. The molecule has 2 rings (SSSR count). The first-order chi connectivity index (χ1) is 8.66. The van der Waals surface area contributed by atoms with Crippen molar-refractivity contribution < 1.29 is 9.13 Å². The van der Waals surface area contributed by atoms with Gasteiger partial charge in [-0.1, -0.05) is 13.8 Å². The van der Waals surface area contributed by atoms with E-state index in [0.717, 1.165) is 30.5 Å². The monoisotopic (exact) mass is 249 g/mol. The lowest BCUT2D eigenvalue weighted by molar-refractivity contribution is 0.117. The van der Waals surface area contributed by atoms with Crippen molar-refractivity contribution in [1.82, 2.24) is 4.57 Å². The standard InChI is InChI=1S/C15H20FNO/c1-12(2)6-9-18-10-8-17-7-5-13-11-14(16)3-4-15(13)17/h3-5,7,11-12H,6,8-10H2,1-2H3. The Hall–Kier alpha value is -1.35. The predicted molar refractivity (Wildman–Crippen MR) is 72.2 cm³/mol. The maximum absolute atomic E-state index is 13.0.